The molecule has 0 radical (unpaired) electrons. The van der Waals surface area contributed by atoms with Gasteiger partial charge in [-0.1, -0.05) is 32.0 Å². The molecule has 1 saturated heterocycles. The molecule has 5 heteroatoms. The van der Waals surface area contributed by atoms with Gasteiger partial charge in [0.2, 0.25) is 0 Å². The van der Waals surface area contributed by atoms with Gasteiger partial charge in [-0.05, 0) is 61.6 Å². The molecule has 148 valence electrons. The highest BCUT2D eigenvalue weighted by Gasteiger charge is 2.20. The van der Waals surface area contributed by atoms with Gasteiger partial charge in [0.1, 0.15) is 5.75 Å². The molecule has 1 aliphatic rings. The van der Waals surface area contributed by atoms with E-state index in [2.05, 4.69) is 19.2 Å². The summed E-state index contributed by atoms with van der Waals surface area (Å²) in [6.07, 6.45) is 1.45. The second-order valence-electron chi connectivity index (χ2n) is 7.55. The van der Waals surface area contributed by atoms with Crippen LogP contribution in [0.4, 0.5) is 5.69 Å². The fourth-order valence-corrected chi connectivity index (χ4v) is 3.27. The number of likely N-dealkylation sites (tertiary alicyclic amines) is 1. The van der Waals surface area contributed by atoms with Crippen molar-refractivity contribution in [2.75, 3.05) is 18.4 Å². The van der Waals surface area contributed by atoms with E-state index in [1.54, 1.807) is 31.2 Å². The Bertz CT molecular complexity index is 824. The monoisotopic (exact) mass is 380 g/mol. The van der Waals surface area contributed by atoms with Gasteiger partial charge < -0.3 is 15.0 Å². The summed E-state index contributed by atoms with van der Waals surface area (Å²) in [5, 5.41) is 2.84. The number of hydrogen-bond acceptors (Lipinski definition) is 3. The van der Waals surface area contributed by atoms with Gasteiger partial charge in [-0.3, -0.25) is 9.59 Å². The molecule has 1 unspecified atom stereocenters. The van der Waals surface area contributed by atoms with Crippen molar-refractivity contribution >= 4 is 17.5 Å². The summed E-state index contributed by atoms with van der Waals surface area (Å²) in [6, 6.07) is 14.9. The number of nitrogens with zero attached hydrogens (tertiary/aromatic N) is 1. The third-order valence-corrected chi connectivity index (χ3v) is 5.00. The average molecular weight is 380 g/mol. The first-order chi connectivity index (χ1) is 13.4. The number of ether oxygens (including phenoxy) is 1. The Morgan fingerprint density at radius 2 is 1.68 bits per heavy atom. The molecule has 2 aromatic carbocycles. The topological polar surface area (TPSA) is 58.6 Å². The SMILES string of the molecule is CC(Oc1ccc(C(C)C)cc1)C(=O)Nc1cccc(C(=O)N2CCCC2)c1. The zero-order valence-electron chi connectivity index (χ0n) is 16.8. The molecule has 0 saturated carbocycles. The minimum absolute atomic E-state index is 0.0168. The summed E-state index contributed by atoms with van der Waals surface area (Å²) in [4.78, 5) is 26.9. The number of anilines is 1. The standard InChI is InChI=1S/C23H28N2O3/c1-16(2)18-9-11-21(12-10-18)28-17(3)22(26)24-20-8-6-7-19(15-20)23(27)25-13-4-5-14-25/h6-12,15-17H,4-5,13-14H2,1-3H3,(H,24,26). The smallest absolute Gasteiger partial charge is 0.265 e. The lowest BCUT2D eigenvalue weighted by atomic mass is 10.0. The molecule has 2 amide bonds. The Hall–Kier alpha value is -2.82. The van der Waals surface area contributed by atoms with Gasteiger partial charge in [-0.2, -0.15) is 0 Å². The van der Waals surface area contributed by atoms with E-state index in [0.29, 0.717) is 22.9 Å². The number of carbonyl (C=O) groups excluding carboxylic acids is 2. The van der Waals surface area contributed by atoms with Gasteiger partial charge in [0.05, 0.1) is 0 Å². The quantitative estimate of drug-likeness (QED) is 0.805. The zero-order chi connectivity index (χ0) is 20.1. The van der Waals surface area contributed by atoms with Gasteiger partial charge in [0, 0.05) is 24.3 Å². The first-order valence-corrected chi connectivity index (χ1v) is 9.91. The second-order valence-corrected chi connectivity index (χ2v) is 7.55. The molecule has 0 bridgehead atoms. The first-order valence-electron chi connectivity index (χ1n) is 9.91. The van der Waals surface area contributed by atoms with E-state index in [1.165, 1.54) is 5.56 Å². The van der Waals surface area contributed by atoms with Crippen LogP contribution in [0.2, 0.25) is 0 Å². The van der Waals surface area contributed by atoms with Gasteiger partial charge in [-0.15, -0.1) is 0 Å². The van der Waals surface area contributed by atoms with Crippen LogP contribution in [0.25, 0.3) is 0 Å². The number of hydrogen-bond donors (Lipinski definition) is 1. The molecule has 1 aliphatic heterocycles. The molecule has 5 nitrogen and oxygen atoms in total. The van der Waals surface area contributed by atoms with Gasteiger partial charge in [0.15, 0.2) is 6.10 Å². The third kappa shape index (κ3) is 4.91. The lowest BCUT2D eigenvalue weighted by molar-refractivity contribution is -0.122. The molecule has 28 heavy (non-hydrogen) atoms. The highest BCUT2D eigenvalue weighted by molar-refractivity contribution is 5.98. The highest BCUT2D eigenvalue weighted by atomic mass is 16.5. The molecule has 1 fully saturated rings. The van der Waals surface area contributed by atoms with Gasteiger partial charge >= 0.3 is 0 Å². The first kappa shape index (κ1) is 19.9. The van der Waals surface area contributed by atoms with Crippen molar-refractivity contribution in [3.63, 3.8) is 0 Å². The van der Waals surface area contributed by atoms with Crippen LogP contribution in [0, 0.1) is 0 Å². The van der Waals surface area contributed by atoms with Crippen molar-refractivity contribution in [3.05, 3.63) is 59.7 Å². The fraction of sp³-hybridized carbons (Fsp3) is 0.391. The Kier molecular flexibility index (Phi) is 6.34. The van der Waals surface area contributed by atoms with Crippen molar-refractivity contribution in [2.24, 2.45) is 0 Å². The maximum absolute atomic E-state index is 12.5. The van der Waals surface area contributed by atoms with Crippen molar-refractivity contribution in [1.82, 2.24) is 4.90 Å². The second kappa shape index (κ2) is 8.91. The van der Waals surface area contributed by atoms with Crippen LogP contribution in [0.1, 0.15) is 55.5 Å². The third-order valence-electron chi connectivity index (χ3n) is 5.00. The lowest BCUT2D eigenvalue weighted by Gasteiger charge is -2.17. The van der Waals surface area contributed by atoms with Crippen molar-refractivity contribution in [2.45, 2.75) is 45.6 Å². The number of amides is 2. The fourth-order valence-electron chi connectivity index (χ4n) is 3.27. The van der Waals surface area contributed by atoms with Crippen molar-refractivity contribution in [3.8, 4) is 5.75 Å². The summed E-state index contributed by atoms with van der Waals surface area (Å²) in [5.74, 6) is 0.872. The van der Waals surface area contributed by atoms with Crippen LogP contribution in [0.5, 0.6) is 5.75 Å². The van der Waals surface area contributed by atoms with E-state index >= 15 is 0 Å². The Balaban J connectivity index is 1.60. The van der Waals surface area contributed by atoms with E-state index in [1.807, 2.05) is 29.2 Å². The van der Waals surface area contributed by atoms with E-state index in [4.69, 9.17) is 4.74 Å². The number of nitrogens with one attached hydrogen (secondary N) is 1. The molecular weight excluding hydrogens is 352 g/mol. The Morgan fingerprint density at radius 1 is 1.00 bits per heavy atom. The molecule has 3 rings (SSSR count). The predicted molar refractivity (Wildman–Crippen MR) is 111 cm³/mol. The summed E-state index contributed by atoms with van der Waals surface area (Å²) in [5.41, 5.74) is 2.42. The summed E-state index contributed by atoms with van der Waals surface area (Å²) < 4.78 is 5.75. The van der Waals surface area contributed by atoms with Crippen LogP contribution in [0.15, 0.2) is 48.5 Å². The summed E-state index contributed by atoms with van der Waals surface area (Å²) in [6.45, 7) is 7.58. The van der Waals surface area contributed by atoms with Crippen LogP contribution < -0.4 is 10.1 Å². The van der Waals surface area contributed by atoms with Crippen LogP contribution in [-0.2, 0) is 4.79 Å². The van der Waals surface area contributed by atoms with E-state index in [0.717, 1.165) is 25.9 Å². The maximum atomic E-state index is 12.5. The number of rotatable bonds is 6. The maximum Gasteiger partial charge on any atom is 0.265 e. The molecule has 0 aliphatic carbocycles. The largest absolute Gasteiger partial charge is 0.481 e. The van der Waals surface area contributed by atoms with Crippen molar-refractivity contribution < 1.29 is 14.3 Å². The Labute approximate surface area is 166 Å². The van der Waals surface area contributed by atoms with Crippen molar-refractivity contribution in [1.29, 1.82) is 0 Å². The zero-order valence-corrected chi connectivity index (χ0v) is 16.8. The highest BCUT2D eigenvalue weighted by Crippen LogP contribution is 2.20. The number of benzene rings is 2. The molecule has 2 aromatic rings. The Morgan fingerprint density at radius 3 is 2.32 bits per heavy atom. The van der Waals surface area contributed by atoms with E-state index in [9.17, 15) is 9.59 Å². The van der Waals surface area contributed by atoms with Gasteiger partial charge in [-0.25, -0.2) is 0 Å². The predicted octanol–water partition coefficient (Wildman–Crippen LogP) is 4.45. The molecule has 1 heterocycles. The van der Waals surface area contributed by atoms with Crippen LogP contribution >= 0.6 is 0 Å². The van der Waals surface area contributed by atoms with E-state index in [-0.39, 0.29) is 11.8 Å². The normalized spacial score (nSPS) is 14.8. The van der Waals surface area contributed by atoms with Gasteiger partial charge in [0.25, 0.3) is 11.8 Å². The molecule has 0 aromatic heterocycles. The van der Waals surface area contributed by atoms with Crippen LogP contribution in [-0.4, -0.2) is 35.9 Å². The minimum Gasteiger partial charge on any atom is -0.481 e. The van der Waals surface area contributed by atoms with Crippen LogP contribution in [0.3, 0.4) is 0 Å². The average Bonchev–Trinajstić information content (AvgIpc) is 3.22. The minimum atomic E-state index is -0.650. The molecule has 1 N–H and O–H groups in total. The molecule has 0 spiro atoms. The number of carbonyl (C=O) groups is 2. The molecule has 1 atom stereocenters. The van der Waals surface area contributed by atoms with E-state index < -0.39 is 6.10 Å². The lowest BCUT2D eigenvalue weighted by Crippen LogP contribution is -2.30. The summed E-state index contributed by atoms with van der Waals surface area (Å²) in [7, 11) is 0. The summed E-state index contributed by atoms with van der Waals surface area (Å²) >= 11 is 0. The molecular formula is C23H28N2O3.